The maximum Gasteiger partial charge on any atom is 0.311 e. The van der Waals surface area contributed by atoms with Gasteiger partial charge >= 0.3 is 5.69 Å². The largest absolute Gasteiger partial charge is 0.448 e. The van der Waals surface area contributed by atoms with Gasteiger partial charge in [0.2, 0.25) is 5.75 Å². The number of aldehydes is 1. The van der Waals surface area contributed by atoms with E-state index in [1.807, 2.05) is 0 Å². The molecule has 0 aliphatic heterocycles. The van der Waals surface area contributed by atoms with Gasteiger partial charge in [0, 0.05) is 12.3 Å². The normalized spacial score (nSPS) is 9.78. The summed E-state index contributed by atoms with van der Waals surface area (Å²) in [6.07, 6.45) is 1.97. The van der Waals surface area contributed by atoms with Crippen LogP contribution in [0.5, 0.6) is 11.5 Å². The molecule has 0 bridgehead atoms. The highest BCUT2D eigenvalue weighted by Crippen LogP contribution is 2.31. The molecule has 0 fully saturated rings. The van der Waals surface area contributed by atoms with Gasteiger partial charge in [0.1, 0.15) is 5.69 Å². The first-order chi connectivity index (χ1) is 8.72. The molecule has 0 N–H and O–H groups in total. The molecule has 6 heteroatoms. The Morgan fingerprint density at radius 1 is 1.17 bits per heavy atom. The van der Waals surface area contributed by atoms with Crippen LogP contribution in [0.25, 0.3) is 0 Å². The van der Waals surface area contributed by atoms with Crippen LogP contribution in [0.4, 0.5) is 5.69 Å². The van der Waals surface area contributed by atoms with Gasteiger partial charge in [-0.2, -0.15) is 0 Å². The lowest BCUT2D eigenvalue weighted by Gasteiger charge is -2.06. The number of nitrogens with zero attached hydrogens (tertiary/aromatic N) is 2. The Balaban J connectivity index is 2.40. The van der Waals surface area contributed by atoms with Crippen LogP contribution in [-0.4, -0.2) is 16.2 Å². The number of aromatic nitrogens is 1. The Morgan fingerprint density at radius 3 is 2.61 bits per heavy atom. The molecular formula is C12H8N2O4. The fraction of sp³-hybridized carbons (Fsp3) is 0. The van der Waals surface area contributed by atoms with Crippen LogP contribution in [0, 0.1) is 10.1 Å². The molecule has 18 heavy (non-hydrogen) atoms. The lowest BCUT2D eigenvalue weighted by molar-refractivity contribution is -0.385. The quantitative estimate of drug-likeness (QED) is 0.469. The molecule has 90 valence electrons. The number of pyridine rings is 1. The molecule has 0 unspecified atom stereocenters. The predicted octanol–water partition coefficient (Wildman–Crippen LogP) is 2.59. The molecule has 1 aromatic heterocycles. The summed E-state index contributed by atoms with van der Waals surface area (Å²) in [4.78, 5) is 24.8. The first-order valence-corrected chi connectivity index (χ1v) is 5.04. The van der Waals surface area contributed by atoms with E-state index in [1.165, 1.54) is 30.5 Å². The maximum absolute atomic E-state index is 10.8. The average molecular weight is 244 g/mol. The number of rotatable bonds is 4. The predicted molar refractivity (Wildman–Crippen MR) is 62.8 cm³/mol. The SMILES string of the molecule is O=Cc1ncccc1Oc1ccccc1[N+](=O)[O-]. The van der Waals surface area contributed by atoms with Crippen molar-refractivity contribution >= 4 is 12.0 Å². The van der Waals surface area contributed by atoms with Crippen LogP contribution in [0.2, 0.25) is 0 Å². The number of carbonyl (C=O) groups is 1. The number of ether oxygens (including phenoxy) is 1. The third-order valence-electron chi connectivity index (χ3n) is 2.19. The molecule has 0 atom stereocenters. The Labute approximate surface area is 102 Å². The second kappa shape index (κ2) is 5.05. The molecule has 2 rings (SSSR count). The maximum atomic E-state index is 10.8. The Bertz CT molecular complexity index is 598. The van der Waals surface area contributed by atoms with Gasteiger partial charge in [0.05, 0.1) is 4.92 Å². The second-order valence-corrected chi connectivity index (χ2v) is 3.33. The number of hydrogen-bond acceptors (Lipinski definition) is 5. The smallest absolute Gasteiger partial charge is 0.311 e. The number of benzene rings is 1. The van der Waals surface area contributed by atoms with Gasteiger partial charge < -0.3 is 4.74 Å². The molecule has 0 saturated heterocycles. The van der Waals surface area contributed by atoms with Gasteiger partial charge in [-0.15, -0.1) is 0 Å². The summed E-state index contributed by atoms with van der Waals surface area (Å²) < 4.78 is 5.36. The zero-order chi connectivity index (χ0) is 13.0. The highest BCUT2D eigenvalue weighted by atomic mass is 16.6. The lowest BCUT2D eigenvalue weighted by atomic mass is 10.3. The van der Waals surface area contributed by atoms with Crippen LogP contribution in [0.3, 0.4) is 0 Å². The van der Waals surface area contributed by atoms with Gasteiger partial charge in [-0.05, 0) is 18.2 Å². The van der Waals surface area contributed by atoms with Crippen molar-refractivity contribution in [2.24, 2.45) is 0 Å². The van der Waals surface area contributed by atoms with Gasteiger partial charge in [0.15, 0.2) is 12.0 Å². The van der Waals surface area contributed by atoms with Crippen LogP contribution in [-0.2, 0) is 0 Å². The summed E-state index contributed by atoms with van der Waals surface area (Å²) in [5, 5.41) is 10.8. The van der Waals surface area contributed by atoms with Crippen LogP contribution in [0.1, 0.15) is 10.5 Å². The Kier molecular flexibility index (Phi) is 3.29. The third kappa shape index (κ3) is 2.32. The molecule has 0 saturated carbocycles. The minimum atomic E-state index is -0.549. The Hall–Kier alpha value is -2.76. The molecule has 2 aromatic rings. The minimum absolute atomic E-state index is 0.0681. The van der Waals surface area contributed by atoms with E-state index in [2.05, 4.69) is 4.98 Å². The van der Waals surface area contributed by atoms with E-state index in [1.54, 1.807) is 12.1 Å². The molecule has 0 aliphatic rings. The summed E-state index contributed by atoms with van der Waals surface area (Å²) in [5.41, 5.74) is -0.0751. The van der Waals surface area contributed by atoms with Crippen LogP contribution < -0.4 is 4.74 Å². The molecule has 1 aromatic carbocycles. The lowest BCUT2D eigenvalue weighted by Crippen LogP contribution is -1.96. The minimum Gasteiger partial charge on any atom is -0.448 e. The standard InChI is InChI=1S/C12H8N2O4/c15-8-9-11(6-3-7-13-9)18-12-5-2-1-4-10(12)14(16)17/h1-8H. The summed E-state index contributed by atoms with van der Waals surface area (Å²) >= 11 is 0. The number of carbonyl (C=O) groups excluding carboxylic acids is 1. The number of nitro groups is 1. The summed E-state index contributed by atoms with van der Waals surface area (Å²) in [6.45, 7) is 0. The zero-order valence-electron chi connectivity index (χ0n) is 9.15. The number of para-hydroxylation sites is 2. The van der Waals surface area contributed by atoms with Crippen molar-refractivity contribution in [3.8, 4) is 11.5 Å². The number of nitro benzene ring substituents is 1. The van der Waals surface area contributed by atoms with Gasteiger partial charge in [-0.1, -0.05) is 12.1 Å². The molecule has 0 amide bonds. The van der Waals surface area contributed by atoms with Crippen molar-refractivity contribution in [2.45, 2.75) is 0 Å². The third-order valence-corrected chi connectivity index (χ3v) is 2.19. The fourth-order valence-corrected chi connectivity index (χ4v) is 1.39. The van der Waals surface area contributed by atoms with E-state index < -0.39 is 4.92 Å². The molecule has 0 spiro atoms. The van der Waals surface area contributed by atoms with E-state index >= 15 is 0 Å². The van der Waals surface area contributed by atoms with Crippen LogP contribution in [0.15, 0.2) is 42.6 Å². The molecule has 0 aliphatic carbocycles. The summed E-state index contributed by atoms with van der Waals surface area (Å²) in [6, 6.07) is 9.03. The van der Waals surface area contributed by atoms with Crippen LogP contribution >= 0.6 is 0 Å². The van der Waals surface area contributed by atoms with Gasteiger partial charge in [-0.3, -0.25) is 14.9 Å². The average Bonchev–Trinajstić information content (AvgIpc) is 2.40. The van der Waals surface area contributed by atoms with Gasteiger partial charge in [-0.25, -0.2) is 4.98 Å². The van der Waals surface area contributed by atoms with Crippen molar-refractivity contribution in [3.63, 3.8) is 0 Å². The summed E-state index contributed by atoms with van der Waals surface area (Å²) in [7, 11) is 0. The summed E-state index contributed by atoms with van der Waals surface area (Å²) in [5.74, 6) is 0.250. The van der Waals surface area contributed by atoms with Crippen molar-refractivity contribution in [2.75, 3.05) is 0 Å². The highest BCUT2D eigenvalue weighted by molar-refractivity contribution is 5.76. The van der Waals surface area contributed by atoms with Gasteiger partial charge in [0.25, 0.3) is 0 Å². The van der Waals surface area contributed by atoms with Crippen molar-refractivity contribution in [1.29, 1.82) is 0 Å². The van der Waals surface area contributed by atoms with E-state index in [0.717, 1.165) is 0 Å². The van der Waals surface area contributed by atoms with E-state index in [-0.39, 0.29) is 22.9 Å². The number of hydrogen-bond donors (Lipinski definition) is 0. The Morgan fingerprint density at radius 2 is 1.89 bits per heavy atom. The second-order valence-electron chi connectivity index (χ2n) is 3.33. The van der Waals surface area contributed by atoms with E-state index in [9.17, 15) is 14.9 Å². The van der Waals surface area contributed by atoms with E-state index in [4.69, 9.17) is 4.74 Å². The fourth-order valence-electron chi connectivity index (χ4n) is 1.39. The topological polar surface area (TPSA) is 82.3 Å². The molecular weight excluding hydrogens is 236 g/mol. The monoisotopic (exact) mass is 244 g/mol. The molecule has 6 nitrogen and oxygen atoms in total. The first-order valence-electron chi connectivity index (χ1n) is 5.04. The molecule has 0 radical (unpaired) electrons. The van der Waals surface area contributed by atoms with Crippen molar-refractivity contribution < 1.29 is 14.5 Å². The van der Waals surface area contributed by atoms with Crippen molar-refractivity contribution in [1.82, 2.24) is 4.98 Å². The van der Waals surface area contributed by atoms with Crippen molar-refractivity contribution in [3.05, 3.63) is 58.4 Å². The first kappa shape index (κ1) is 11.7. The highest BCUT2D eigenvalue weighted by Gasteiger charge is 2.15. The molecule has 1 heterocycles. The van der Waals surface area contributed by atoms with E-state index in [0.29, 0.717) is 6.29 Å². The zero-order valence-corrected chi connectivity index (χ0v) is 9.15.